The molecule has 0 spiro atoms. The zero-order valence-corrected chi connectivity index (χ0v) is 15.1. The maximum absolute atomic E-state index is 12.3. The second-order valence-electron chi connectivity index (χ2n) is 6.72. The van der Waals surface area contributed by atoms with Gasteiger partial charge in [-0.1, -0.05) is 13.0 Å². The number of anilines is 1. The molecule has 2 atom stereocenters. The minimum absolute atomic E-state index is 0.0976. The molecule has 1 N–H and O–H groups in total. The summed E-state index contributed by atoms with van der Waals surface area (Å²) in [5, 5.41) is 4.76. The van der Waals surface area contributed by atoms with Gasteiger partial charge in [-0.25, -0.2) is 4.98 Å². The average Bonchev–Trinajstić information content (AvgIpc) is 2.70. The minimum atomic E-state index is -0.239. The maximum Gasteiger partial charge on any atom is 0.274 e. The van der Waals surface area contributed by atoms with Crippen molar-refractivity contribution in [2.24, 2.45) is 5.92 Å². The molecule has 1 aliphatic rings. The van der Waals surface area contributed by atoms with Gasteiger partial charge in [0, 0.05) is 35.8 Å². The summed E-state index contributed by atoms with van der Waals surface area (Å²) in [5.41, 5.74) is 1.08. The van der Waals surface area contributed by atoms with Crippen LogP contribution in [-0.4, -0.2) is 35.2 Å². The molecule has 27 heavy (non-hydrogen) atoms. The van der Waals surface area contributed by atoms with E-state index in [0.717, 1.165) is 17.2 Å². The van der Waals surface area contributed by atoms with Gasteiger partial charge in [0.2, 0.25) is 5.88 Å². The van der Waals surface area contributed by atoms with E-state index in [1.807, 2.05) is 24.3 Å². The van der Waals surface area contributed by atoms with E-state index in [-0.39, 0.29) is 12.0 Å². The Labute approximate surface area is 157 Å². The third-order valence-electron chi connectivity index (χ3n) is 4.71. The second-order valence-corrected chi connectivity index (χ2v) is 6.72. The number of nitrogens with zero attached hydrogens (tertiary/aromatic N) is 2. The van der Waals surface area contributed by atoms with E-state index in [2.05, 4.69) is 22.2 Å². The first-order chi connectivity index (χ1) is 13.2. The Morgan fingerprint density at radius 1 is 1.19 bits per heavy atom. The fourth-order valence-electron chi connectivity index (χ4n) is 3.19. The molecule has 1 amide bonds. The molecule has 0 saturated carbocycles. The topological polar surface area (TPSA) is 73.3 Å². The molecule has 3 heterocycles. The average molecular weight is 363 g/mol. The number of aromatic nitrogens is 2. The number of hydrogen-bond acceptors (Lipinski definition) is 5. The van der Waals surface area contributed by atoms with E-state index in [1.165, 1.54) is 0 Å². The molecule has 0 radical (unpaired) electrons. The predicted octanol–water partition coefficient (Wildman–Crippen LogP) is 3.69. The number of benzene rings is 1. The van der Waals surface area contributed by atoms with Crippen molar-refractivity contribution >= 4 is 22.4 Å². The van der Waals surface area contributed by atoms with Gasteiger partial charge in [0.25, 0.3) is 5.91 Å². The number of pyridine rings is 2. The standard InChI is InChI=1S/C21H21N3O3/c1-14-13-26-11-8-19(14)27-21-17-6-5-16(12-15(17)7-10-23-21)24-20(25)18-4-2-3-9-22-18/h2-7,9-10,12,14,19H,8,11,13H2,1H3,(H,24,25). The molecule has 2 aromatic heterocycles. The van der Waals surface area contributed by atoms with E-state index in [9.17, 15) is 4.79 Å². The zero-order valence-electron chi connectivity index (χ0n) is 15.1. The van der Waals surface area contributed by atoms with Gasteiger partial charge < -0.3 is 14.8 Å². The van der Waals surface area contributed by atoms with Gasteiger partial charge in [0.1, 0.15) is 11.8 Å². The number of carbonyl (C=O) groups is 1. The summed E-state index contributed by atoms with van der Waals surface area (Å²) in [6.07, 6.45) is 4.28. The second kappa shape index (κ2) is 7.72. The van der Waals surface area contributed by atoms with Crippen molar-refractivity contribution < 1.29 is 14.3 Å². The van der Waals surface area contributed by atoms with Crippen LogP contribution in [0.1, 0.15) is 23.8 Å². The predicted molar refractivity (Wildman–Crippen MR) is 103 cm³/mol. The lowest BCUT2D eigenvalue weighted by Crippen LogP contribution is -2.34. The smallest absolute Gasteiger partial charge is 0.274 e. The van der Waals surface area contributed by atoms with E-state index in [4.69, 9.17) is 9.47 Å². The first-order valence-corrected chi connectivity index (χ1v) is 9.06. The van der Waals surface area contributed by atoms with Crippen LogP contribution in [0, 0.1) is 5.92 Å². The molecule has 1 saturated heterocycles. The third-order valence-corrected chi connectivity index (χ3v) is 4.71. The van der Waals surface area contributed by atoms with Crippen molar-refractivity contribution in [3.05, 3.63) is 60.6 Å². The molecule has 0 bridgehead atoms. The van der Waals surface area contributed by atoms with Gasteiger partial charge in [0.05, 0.1) is 13.2 Å². The fourth-order valence-corrected chi connectivity index (χ4v) is 3.19. The Kier molecular flexibility index (Phi) is 4.98. The highest BCUT2D eigenvalue weighted by molar-refractivity contribution is 6.04. The summed E-state index contributed by atoms with van der Waals surface area (Å²) in [7, 11) is 0. The SMILES string of the molecule is CC1COCCC1Oc1nccc2cc(NC(=O)c3ccccn3)ccc12. The summed E-state index contributed by atoms with van der Waals surface area (Å²) in [6.45, 7) is 3.54. The largest absolute Gasteiger partial charge is 0.473 e. The van der Waals surface area contributed by atoms with Crippen molar-refractivity contribution in [2.75, 3.05) is 18.5 Å². The highest BCUT2D eigenvalue weighted by Crippen LogP contribution is 2.29. The Morgan fingerprint density at radius 2 is 2.11 bits per heavy atom. The first kappa shape index (κ1) is 17.4. The maximum atomic E-state index is 12.3. The van der Waals surface area contributed by atoms with Crippen molar-refractivity contribution in [3.8, 4) is 5.88 Å². The number of amides is 1. The van der Waals surface area contributed by atoms with Crippen LogP contribution in [0.4, 0.5) is 5.69 Å². The van der Waals surface area contributed by atoms with Crippen molar-refractivity contribution in [1.82, 2.24) is 9.97 Å². The lowest BCUT2D eigenvalue weighted by Gasteiger charge is -2.29. The first-order valence-electron chi connectivity index (χ1n) is 9.06. The van der Waals surface area contributed by atoms with Crippen molar-refractivity contribution in [3.63, 3.8) is 0 Å². The number of carbonyl (C=O) groups excluding carboxylic acids is 1. The normalized spacial score (nSPS) is 19.6. The molecule has 6 nitrogen and oxygen atoms in total. The van der Waals surface area contributed by atoms with E-state index >= 15 is 0 Å². The summed E-state index contributed by atoms with van der Waals surface area (Å²) < 4.78 is 11.7. The van der Waals surface area contributed by atoms with E-state index in [0.29, 0.717) is 36.4 Å². The molecule has 1 aromatic carbocycles. The molecular weight excluding hydrogens is 342 g/mol. The number of hydrogen-bond donors (Lipinski definition) is 1. The number of ether oxygens (including phenoxy) is 2. The molecule has 1 fully saturated rings. The van der Waals surface area contributed by atoms with Crippen LogP contribution in [0.25, 0.3) is 10.8 Å². The van der Waals surface area contributed by atoms with E-state index in [1.54, 1.807) is 30.6 Å². The number of nitrogens with one attached hydrogen (secondary N) is 1. The Bertz CT molecular complexity index is 946. The van der Waals surface area contributed by atoms with E-state index < -0.39 is 0 Å². The Morgan fingerprint density at radius 3 is 2.93 bits per heavy atom. The van der Waals surface area contributed by atoms with Gasteiger partial charge in [-0.05, 0) is 41.8 Å². The lowest BCUT2D eigenvalue weighted by atomic mass is 10.0. The highest BCUT2D eigenvalue weighted by atomic mass is 16.5. The highest BCUT2D eigenvalue weighted by Gasteiger charge is 2.24. The van der Waals surface area contributed by atoms with Crippen LogP contribution in [0.2, 0.25) is 0 Å². The number of rotatable bonds is 4. The van der Waals surface area contributed by atoms with Crippen LogP contribution in [0.3, 0.4) is 0 Å². The third kappa shape index (κ3) is 3.90. The van der Waals surface area contributed by atoms with Gasteiger partial charge in [-0.15, -0.1) is 0 Å². The minimum Gasteiger partial charge on any atom is -0.473 e. The van der Waals surface area contributed by atoms with Crippen LogP contribution in [-0.2, 0) is 4.74 Å². The van der Waals surface area contributed by atoms with Crippen molar-refractivity contribution in [1.29, 1.82) is 0 Å². The van der Waals surface area contributed by atoms with Crippen LogP contribution < -0.4 is 10.1 Å². The zero-order chi connectivity index (χ0) is 18.6. The molecule has 1 aliphatic heterocycles. The van der Waals surface area contributed by atoms with Gasteiger partial charge in [0.15, 0.2) is 0 Å². The van der Waals surface area contributed by atoms with Gasteiger partial charge >= 0.3 is 0 Å². The summed E-state index contributed by atoms with van der Waals surface area (Å²) in [5.74, 6) is 0.707. The Hall–Kier alpha value is -2.99. The van der Waals surface area contributed by atoms with Gasteiger partial charge in [-0.3, -0.25) is 9.78 Å². The van der Waals surface area contributed by atoms with Crippen molar-refractivity contribution in [2.45, 2.75) is 19.4 Å². The molecule has 6 heteroatoms. The lowest BCUT2D eigenvalue weighted by molar-refractivity contribution is -0.0174. The Balaban J connectivity index is 1.55. The molecule has 138 valence electrons. The molecule has 2 unspecified atom stereocenters. The molecule has 4 rings (SSSR count). The van der Waals surface area contributed by atoms with Crippen LogP contribution in [0.15, 0.2) is 54.9 Å². The van der Waals surface area contributed by atoms with Gasteiger partial charge in [-0.2, -0.15) is 0 Å². The molecular formula is C21H21N3O3. The summed E-state index contributed by atoms with van der Waals surface area (Å²) in [4.78, 5) is 20.8. The molecule has 0 aliphatic carbocycles. The van der Waals surface area contributed by atoms with Crippen LogP contribution >= 0.6 is 0 Å². The van der Waals surface area contributed by atoms with Crippen LogP contribution in [0.5, 0.6) is 5.88 Å². The monoisotopic (exact) mass is 363 g/mol. The summed E-state index contributed by atoms with van der Waals surface area (Å²) in [6, 6.07) is 12.8. The number of fused-ring (bicyclic) bond motifs is 1. The molecule has 3 aromatic rings. The quantitative estimate of drug-likeness (QED) is 0.765. The fraction of sp³-hybridized carbons (Fsp3) is 0.286. The summed E-state index contributed by atoms with van der Waals surface area (Å²) >= 11 is 0.